The Hall–Kier alpha value is -0.570. The van der Waals surface area contributed by atoms with Crippen LogP contribution in [0.3, 0.4) is 0 Å². The Morgan fingerprint density at radius 3 is 2.62 bits per heavy atom. The molecule has 0 aromatic carbocycles. The molecule has 0 aromatic heterocycles. The minimum absolute atomic E-state index is 0.188. The van der Waals surface area contributed by atoms with Gasteiger partial charge in [0, 0.05) is 24.5 Å². The van der Waals surface area contributed by atoms with E-state index >= 15 is 0 Å². The summed E-state index contributed by atoms with van der Waals surface area (Å²) >= 11 is 0. The average molecular weight is 226 g/mol. The second-order valence-corrected chi connectivity index (χ2v) is 6.22. The average Bonchev–Trinajstić information content (AvgIpc) is 2.07. The van der Waals surface area contributed by atoms with Crippen molar-refractivity contribution in [3.8, 4) is 0 Å². The van der Waals surface area contributed by atoms with Crippen LogP contribution in [0, 0.1) is 11.8 Å². The number of rotatable bonds is 3. The molecule has 0 aromatic rings. The molecule has 0 bridgehead atoms. The summed E-state index contributed by atoms with van der Waals surface area (Å²) in [5, 5.41) is 6.62. The third-order valence-corrected chi connectivity index (χ3v) is 3.26. The van der Waals surface area contributed by atoms with Crippen LogP contribution in [0.2, 0.25) is 0 Å². The number of carbonyl (C=O) groups is 1. The molecule has 16 heavy (non-hydrogen) atoms. The van der Waals surface area contributed by atoms with Gasteiger partial charge in [0.2, 0.25) is 5.91 Å². The molecule has 3 heteroatoms. The fraction of sp³-hybridized carbons (Fsp3) is 0.923. The fourth-order valence-corrected chi connectivity index (χ4v) is 2.44. The maximum absolute atomic E-state index is 11.7. The van der Waals surface area contributed by atoms with E-state index in [2.05, 4.69) is 45.3 Å². The predicted molar refractivity (Wildman–Crippen MR) is 67.2 cm³/mol. The van der Waals surface area contributed by atoms with E-state index in [1.54, 1.807) is 0 Å². The first-order chi connectivity index (χ1) is 7.30. The van der Waals surface area contributed by atoms with Gasteiger partial charge in [-0.3, -0.25) is 4.79 Å². The minimum Gasteiger partial charge on any atom is -0.352 e. The highest BCUT2D eigenvalue weighted by Crippen LogP contribution is 2.23. The lowest BCUT2D eigenvalue weighted by molar-refractivity contribution is -0.123. The molecule has 0 saturated carbocycles. The SMILES string of the molecule is CC(C)CC(=O)NC1CNC(C)(C)CC1C. The molecule has 1 rings (SSSR count). The van der Waals surface area contributed by atoms with Gasteiger partial charge in [-0.2, -0.15) is 0 Å². The van der Waals surface area contributed by atoms with Gasteiger partial charge in [0.25, 0.3) is 0 Å². The number of hydrogen-bond acceptors (Lipinski definition) is 2. The molecule has 1 aliphatic rings. The van der Waals surface area contributed by atoms with E-state index in [4.69, 9.17) is 0 Å². The van der Waals surface area contributed by atoms with Crippen molar-refractivity contribution in [3.05, 3.63) is 0 Å². The Balaban J connectivity index is 2.41. The molecule has 1 amide bonds. The first-order valence-corrected chi connectivity index (χ1v) is 6.34. The summed E-state index contributed by atoms with van der Waals surface area (Å²) < 4.78 is 0. The minimum atomic E-state index is 0.188. The number of piperidine rings is 1. The Kier molecular flexibility index (Phi) is 4.36. The van der Waals surface area contributed by atoms with Crippen molar-refractivity contribution < 1.29 is 4.79 Å². The molecule has 1 fully saturated rings. The smallest absolute Gasteiger partial charge is 0.220 e. The van der Waals surface area contributed by atoms with E-state index in [9.17, 15) is 4.79 Å². The quantitative estimate of drug-likeness (QED) is 0.772. The Morgan fingerprint density at radius 1 is 1.50 bits per heavy atom. The summed E-state index contributed by atoms with van der Waals surface area (Å²) in [5.74, 6) is 1.17. The summed E-state index contributed by atoms with van der Waals surface area (Å²) in [7, 11) is 0. The van der Waals surface area contributed by atoms with Crippen molar-refractivity contribution in [2.75, 3.05) is 6.54 Å². The molecular formula is C13H26N2O. The lowest BCUT2D eigenvalue weighted by Gasteiger charge is -2.40. The maximum atomic E-state index is 11.7. The van der Waals surface area contributed by atoms with Gasteiger partial charge in [-0.1, -0.05) is 20.8 Å². The summed E-state index contributed by atoms with van der Waals surface area (Å²) in [6.07, 6.45) is 1.74. The lowest BCUT2D eigenvalue weighted by Crippen LogP contribution is -2.57. The van der Waals surface area contributed by atoms with Crippen molar-refractivity contribution >= 4 is 5.91 Å². The topological polar surface area (TPSA) is 41.1 Å². The van der Waals surface area contributed by atoms with Crippen LogP contribution in [0.25, 0.3) is 0 Å². The van der Waals surface area contributed by atoms with Gasteiger partial charge < -0.3 is 10.6 Å². The van der Waals surface area contributed by atoms with E-state index in [0.717, 1.165) is 13.0 Å². The van der Waals surface area contributed by atoms with Gasteiger partial charge in [0.05, 0.1) is 0 Å². The molecule has 1 saturated heterocycles. The summed E-state index contributed by atoms with van der Waals surface area (Å²) in [5.41, 5.74) is 0.207. The van der Waals surface area contributed by atoms with Gasteiger partial charge in [-0.05, 0) is 32.1 Å². The predicted octanol–water partition coefficient (Wildman–Crippen LogP) is 1.93. The van der Waals surface area contributed by atoms with E-state index in [1.165, 1.54) is 0 Å². The zero-order valence-electron chi connectivity index (χ0n) is 11.3. The molecule has 0 radical (unpaired) electrons. The summed E-state index contributed by atoms with van der Waals surface area (Å²) in [6.45, 7) is 11.7. The van der Waals surface area contributed by atoms with Crippen LogP contribution in [0.1, 0.15) is 47.5 Å². The zero-order valence-corrected chi connectivity index (χ0v) is 11.3. The number of carbonyl (C=O) groups excluding carboxylic acids is 1. The molecular weight excluding hydrogens is 200 g/mol. The molecule has 1 aliphatic heterocycles. The third-order valence-electron chi connectivity index (χ3n) is 3.26. The van der Waals surface area contributed by atoms with Crippen LogP contribution >= 0.6 is 0 Å². The molecule has 0 spiro atoms. The van der Waals surface area contributed by atoms with Crippen LogP contribution < -0.4 is 10.6 Å². The second-order valence-electron chi connectivity index (χ2n) is 6.22. The van der Waals surface area contributed by atoms with Gasteiger partial charge in [0.1, 0.15) is 0 Å². The van der Waals surface area contributed by atoms with Crippen LogP contribution in [0.15, 0.2) is 0 Å². The van der Waals surface area contributed by atoms with E-state index < -0.39 is 0 Å². The van der Waals surface area contributed by atoms with Gasteiger partial charge in [-0.25, -0.2) is 0 Å². The van der Waals surface area contributed by atoms with E-state index in [-0.39, 0.29) is 11.4 Å². The third kappa shape index (κ3) is 4.12. The summed E-state index contributed by atoms with van der Waals surface area (Å²) in [4.78, 5) is 11.7. The maximum Gasteiger partial charge on any atom is 0.220 e. The zero-order chi connectivity index (χ0) is 12.3. The molecule has 2 atom stereocenters. The van der Waals surface area contributed by atoms with Gasteiger partial charge in [-0.15, -0.1) is 0 Å². The molecule has 0 aliphatic carbocycles. The normalized spacial score (nSPS) is 29.1. The van der Waals surface area contributed by atoms with Gasteiger partial charge in [0.15, 0.2) is 0 Å². The van der Waals surface area contributed by atoms with Crippen molar-refractivity contribution in [2.24, 2.45) is 11.8 Å². The first kappa shape index (κ1) is 13.5. The number of amides is 1. The molecule has 1 heterocycles. The molecule has 3 nitrogen and oxygen atoms in total. The van der Waals surface area contributed by atoms with Crippen LogP contribution in [-0.2, 0) is 4.79 Å². The standard InChI is InChI=1S/C13H26N2O/c1-9(2)6-12(16)15-11-8-14-13(4,5)7-10(11)3/h9-11,14H,6-8H2,1-5H3,(H,15,16). The van der Waals surface area contributed by atoms with Crippen LogP contribution in [-0.4, -0.2) is 24.0 Å². The Morgan fingerprint density at radius 2 is 2.12 bits per heavy atom. The highest BCUT2D eigenvalue weighted by atomic mass is 16.1. The van der Waals surface area contributed by atoms with Crippen molar-refractivity contribution in [1.82, 2.24) is 10.6 Å². The largest absolute Gasteiger partial charge is 0.352 e. The van der Waals surface area contributed by atoms with E-state index in [0.29, 0.717) is 24.3 Å². The molecule has 94 valence electrons. The monoisotopic (exact) mass is 226 g/mol. The summed E-state index contributed by atoms with van der Waals surface area (Å²) in [6, 6.07) is 0.291. The second kappa shape index (κ2) is 5.17. The van der Waals surface area contributed by atoms with Gasteiger partial charge >= 0.3 is 0 Å². The molecule has 2 unspecified atom stereocenters. The first-order valence-electron chi connectivity index (χ1n) is 6.34. The van der Waals surface area contributed by atoms with Crippen LogP contribution in [0.4, 0.5) is 0 Å². The number of nitrogens with one attached hydrogen (secondary N) is 2. The van der Waals surface area contributed by atoms with Crippen molar-refractivity contribution in [3.63, 3.8) is 0 Å². The highest BCUT2D eigenvalue weighted by molar-refractivity contribution is 5.76. The number of hydrogen-bond donors (Lipinski definition) is 2. The van der Waals surface area contributed by atoms with Crippen molar-refractivity contribution in [2.45, 2.75) is 59.0 Å². The van der Waals surface area contributed by atoms with E-state index in [1.807, 2.05) is 0 Å². The lowest BCUT2D eigenvalue weighted by atomic mass is 9.82. The Labute approximate surface area is 99.4 Å². The van der Waals surface area contributed by atoms with Crippen molar-refractivity contribution in [1.29, 1.82) is 0 Å². The fourth-order valence-electron chi connectivity index (χ4n) is 2.44. The Bertz CT molecular complexity index is 248. The van der Waals surface area contributed by atoms with Crippen LogP contribution in [0.5, 0.6) is 0 Å². The highest BCUT2D eigenvalue weighted by Gasteiger charge is 2.32. The molecule has 2 N–H and O–H groups in total.